The second-order valence-corrected chi connectivity index (χ2v) is 23.8. The molecule has 1 unspecified atom stereocenters. The molecule has 0 spiro atoms. The summed E-state index contributed by atoms with van der Waals surface area (Å²) in [6.45, 7) is 6.52. The van der Waals surface area contributed by atoms with E-state index in [0.29, 0.717) is 19.3 Å². The lowest BCUT2D eigenvalue weighted by molar-refractivity contribution is -0.167. The molecule has 0 aromatic heterocycles. The molecule has 0 aliphatic rings. The fourth-order valence-electron chi connectivity index (χ4n) is 10.5. The fraction of sp³-hybridized carbons (Fsp3) is 0.824. The summed E-state index contributed by atoms with van der Waals surface area (Å²) in [7, 11) is 0. The molecule has 1 atom stereocenters. The summed E-state index contributed by atoms with van der Waals surface area (Å²) in [6, 6.07) is 0. The number of ether oxygens (including phenoxy) is 3. The Labute approximate surface area is 498 Å². The zero-order chi connectivity index (χ0) is 57.8. The summed E-state index contributed by atoms with van der Waals surface area (Å²) < 4.78 is 16.9. The van der Waals surface area contributed by atoms with Crippen molar-refractivity contribution < 1.29 is 28.6 Å². The van der Waals surface area contributed by atoms with Crippen molar-refractivity contribution in [2.75, 3.05) is 13.2 Å². The van der Waals surface area contributed by atoms with Crippen LogP contribution in [0.15, 0.2) is 60.8 Å². The van der Waals surface area contributed by atoms with Crippen molar-refractivity contribution in [3.8, 4) is 0 Å². The topological polar surface area (TPSA) is 78.9 Å². The molecule has 0 aliphatic carbocycles. The lowest BCUT2D eigenvalue weighted by Crippen LogP contribution is -2.30. The highest BCUT2D eigenvalue weighted by Crippen LogP contribution is 2.19. The minimum atomic E-state index is -0.772. The number of unbranched alkanes of at least 4 members (excludes halogenated alkanes) is 44. The molecule has 0 radical (unpaired) electrons. The Morgan fingerprint density at radius 2 is 0.487 bits per heavy atom. The zero-order valence-electron chi connectivity index (χ0n) is 53.6. The summed E-state index contributed by atoms with van der Waals surface area (Å²) in [5.74, 6) is -0.863. The van der Waals surface area contributed by atoms with Gasteiger partial charge in [0.15, 0.2) is 6.10 Å². The molecule has 0 amide bonds. The highest BCUT2D eigenvalue weighted by molar-refractivity contribution is 5.71. The molecule has 0 saturated heterocycles. The van der Waals surface area contributed by atoms with E-state index in [1.165, 1.54) is 244 Å². The van der Waals surface area contributed by atoms with Crippen molar-refractivity contribution in [2.45, 2.75) is 380 Å². The highest BCUT2D eigenvalue weighted by Gasteiger charge is 2.19. The molecule has 0 aliphatic heterocycles. The smallest absolute Gasteiger partial charge is 0.306 e. The Hall–Kier alpha value is -2.89. The molecule has 0 aromatic carbocycles. The quantitative estimate of drug-likeness (QED) is 0.0261. The van der Waals surface area contributed by atoms with Gasteiger partial charge < -0.3 is 14.2 Å². The first kappa shape index (κ1) is 77.1. The summed E-state index contributed by atoms with van der Waals surface area (Å²) in [4.78, 5) is 38.1. The average molecular weight is 1120 g/mol. The van der Waals surface area contributed by atoms with Crippen LogP contribution in [0, 0.1) is 0 Å². The van der Waals surface area contributed by atoms with Crippen LogP contribution in [0.2, 0.25) is 0 Å². The molecule has 6 heteroatoms. The Balaban J connectivity index is 3.99. The SMILES string of the molecule is CC/C=C\C/C=C\C/C=C\C/C=C\C/C=C\CCCCCCCCCCCCCC(=O)OC(COC(=O)CCCCCCCC)COC(=O)CCCCCCCCCCCCCCCCCCCCCCCCCCCCCCC. The van der Waals surface area contributed by atoms with Crippen LogP contribution in [0.1, 0.15) is 374 Å². The molecule has 0 N–H and O–H groups in total. The Bertz CT molecular complexity index is 1430. The third-order valence-electron chi connectivity index (χ3n) is 15.8. The minimum absolute atomic E-state index is 0.0707. The maximum Gasteiger partial charge on any atom is 0.306 e. The summed E-state index contributed by atoms with van der Waals surface area (Å²) in [5, 5.41) is 0. The molecule has 80 heavy (non-hydrogen) atoms. The molecule has 466 valence electrons. The first-order valence-electron chi connectivity index (χ1n) is 35.3. The van der Waals surface area contributed by atoms with E-state index in [1.54, 1.807) is 0 Å². The van der Waals surface area contributed by atoms with Crippen LogP contribution in [-0.2, 0) is 28.6 Å². The van der Waals surface area contributed by atoms with Crippen molar-refractivity contribution >= 4 is 17.9 Å². The van der Waals surface area contributed by atoms with Crippen LogP contribution in [0.4, 0.5) is 0 Å². The van der Waals surface area contributed by atoms with Gasteiger partial charge in [-0.25, -0.2) is 0 Å². The predicted molar refractivity (Wildman–Crippen MR) is 348 cm³/mol. The molecule has 0 fully saturated rings. The molecule has 0 rings (SSSR count). The summed E-state index contributed by atoms with van der Waals surface area (Å²) in [5.41, 5.74) is 0. The van der Waals surface area contributed by atoms with Gasteiger partial charge in [-0.05, 0) is 64.2 Å². The van der Waals surface area contributed by atoms with E-state index in [2.05, 4.69) is 81.5 Å². The predicted octanol–water partition coefficient (Wildman–Crippen LogP) is 24.3. The van der Waals surface area contributed by atoms with Crippen molar-refractivity contribution in [1.82, 2.24) is 0 Å². The van der Waals surface area contributed by atoms with Gasteiger partial charge in [-0.1, -0.05) is 351 Å². The number of rotatable bonds is 65. The highest BCUT2D eigenvalue weighted by atomic mass is 16.6. The Morgan fingerprint density at radius 1 is 0.263 bits per heavy atom. The second-order valence-electron chi connectivity index (χ2n) is 23.8. The Morgan fingerprint density at radius 3 is 0.762 bits per heavy atom. The number of carbonyl (C=O) groups is 3. The second kappa shape index (κ2) is 68.6. The van der Waals surface area contributed by atoms with Gasteiger partial charge in [0, 0.05) is 19.3 Å². The lowest BCUT2D eigenvalue weighted by atomic mass is 10.0. The first-order chi connectivity index (χ1) is 39.5. The maximum absolute atomic E-state index is 12.9. The van der Waals surface area contributed by atoms with Crippen molar-refractivity contribution in [1.29, 1.82) is 0 Å². The van der Waals surface area contributed by atoms with E-state index in [1.807, 2.05) is 0 Å². The number of carbonyl (C=O) groups excluding carboxylic acids is 3. The first-order valence-corrected chi connectivity index (χ1v) is 35.3. The Kier molecular flexibility index (Phi) is 66.1. The molecule has 0 saturated carbocycles. The third kappa shape index (κ3) is 65.9. The molecular formula is C74H134O6. The van der Waals surface area contributed by atoms with E-state index < -0.39 is 6.10 Å². The molecule has 0 bridgehead atoms. The van der Waals surface area contributed by atoms with Crippen LogP contribution in [0.25, 0.3) is 0 Å². The van der Waals surface area contributed by atoms with E-state index >= 15 is 0 Å². The van der Waals surface area contributed by atoms with Gasteiger partial charge in [0.1, 0.15) is 13.2 Å². The van der Waals surface area contributed by atoms with Gasteiger partial charge >= 0.3 is 17.9 Å². The van der Waals surface area contributed by atoms with E-state index in [-0.39, 0.29) is 31.1 Å². The lowest BCUT2D eigenvalue weighted by Gasteiger charge is -2.18. The standard InChI is InChI=1S/C74H134O6/c1-4-7-10-13-16-18-20-22-24-26-28-30-32-34-36-37-39-40-42-44-46-48-50-52-54-56-58-61-64-67-73(76)79-70-71(69-78-72(75)66-63-60-15-12-9-6-3)80-74(77)68-65-62-59-57-55-53-51-49-47-45-43-41-38-35-33-31-29-27-25-23-21-19-17-14-11-8-5-2/h8,11,17,19,23,25,29,31,35,38,71H,4-7,9-10,12-16,18,20-22,24,26-28,30,32-34,36-37,39-70H2,1-3H3/b11-8-,19-17-,25-23-,31-29-,38-35-. The fourth-order valence-corrected chi connectivity index (χ4v) is 10.5. The van der Waals surface area contributed by atoms with Crippen LogP contribution in [-0.4, -0.2) is 37.2 Å². The van der Waals surface area contributed by atoms with Gasteiger partial charge in [-0.2, -0.15) is 0 Å². The zero-order valence-corrected chi connectivity index (χ0v) is 53.6. The van der Waals surface area contributed by atoms with Gasteiger partial charge in [-0.15, -0.1) is 0 Å². The summed E-state index contributed by atoms with van der Waals surface area (Å²) in [6.07, 6.45) is 88.7. The number of allylic oxidation sites excluding steroid dienone is 10. The monoisotopic (exact) mass is 1120 g/mol. The number of hydrogen-bond acceptors (Lipinski definition) is 6. The van der Waals surface area contributed by atoms with E-state index in [0.717, 1.165) is 89.9 Å². The average Bonchev–Trinajstić information content (AvgIpc) is 3.46. The van der Waals surface area contributed by atoms with Crippen molar-refractivity contribution in [2.24, 2.45) is 0 Å². The third-order valence-corrected chi connectivity index (χ3v) is 15.8. The van der Waals surface area contributed by atoms with Crippen LogP contribution in [0.5, 0.6) is 0 Å². The summed E-state index contributed by atoms with van der Waals surface area (Å²) >= 11 is 0. The largest absolute Gasteiger partial charge is 0.462 e. The number of esters is 3. The van der Waals surface area contributed by atoms with Gasteiger partial charge in [0.2, 0.25) is 0 Å². The minimum Gasteiger partial charge on any atom is -0.462 e. The number of hydrogen-bond donors (Lipinski definition) is 0. The van der Waals surface area contributed by atoms with E-state index in [4.69, 9.17) is 14.2 Å². The maximum atomic E-state index is 12.9. The van der Waals surface area contributed by atoms with Crippen LogP contribution < -0.4 is 0 Å². The van der Waals surface area contributed by atoms with Gasteiger partial charge in [-0.3, -0.25) is 14.4 Å². The van der Waals surface area contributed by atoms with Crippen LogP contribution in [0.3, 0.4) is 0 Å². The molecule has 0 aromatic rings. The van der Waals surface area contributed by atoms with Gasteiger partial charge in [0.05, 0.1) is 0 Å². The normalized spacial score (nSPS) is 12.4. The van der Waals surface area contributed by atoms with Crippen molar-refractivity contribution in [3.05, 3.63) is 60.8 Å². The molecule has 0 heterocycles. The van der Waals surface area contributed by atoms with Crippen LogP contribution >= 0.6 is 0 Å². The van der Waals surface area contributed by atoms with E-state index in [9.17, 15) is 14.4 Å². The molecular weight excluding hydrogens is 985 g/mol. The molecule has 6 nitrogen and oxygen atoms in total. The van der Waals surface area contributed by atoms with Crippen molar-refractivity contribution in [3.63, 3.8) is 0 Å². The van der Waals surface area contributed by atoms with Gasteiger partial charge in [0.25, 0.3) is 0 Å².